The van der Waals surface area contributed by atoms with Crippen molar-refractivity contribution < 1.29 is 8.42 Å². The maximum atomic E-state index is 13.6. The van der Waals surface area contributed by atoms with Gasteiger partial charge in [0.25, 0.3) is 0 Å². The van der Waals surface area contributed by atoms with Crippen molar-refractivity contribution in [2.45, 2.75) is 44.4 Å². The smallest absolute Gasteiger partial charge is 0.243 e. The summed E-state index contributed by atoms with van der Waals surface area (Å²) in [4.78, 5) is 13.9. The quantitative estimate of drug-likeness (QED) is 0.332. The molecule has 0 N–H and O–H groups in total. The highest BCUT2D eigenvalue weighted by Gasteiger charge is 2.29. The molecule has 0 radical (unpaired) electrons. The van der Waals surface area contributed by atoms with Gasteiger partial charge in [-0.1, -0.05) is 69.2 Å². The zero-order valence-corrected chi connectivity index (χ0v) is 22.9. The Kier molecular flexibility index (Phi) is 9.66. The van der Waals surface area contributed by atoms with Gasteiger partial charge in [0.2, 0.25) is 10.0 Å². The molecular formula is C29H39N5O2S. The number of hydrogen-bond donors (Lipinski definition) is 0. The fourth-order valence-electron chi connectivity index (χ4n) is 4.66. The first-order chi connectivity index (χ1) is 18.0. The van der Waals surface area contributed by atoms with Gasteiger partial charge in [-0.3, -0.25) is 4.90 Å². The zero-order chi connectivity index (χ0) is 26.1. The number of unbranched alkanes of at least 4 members (excludes halogenated alkanes) is 2. The molecular weight excluding hydrogens is 482 g/mol. The maximum absolute atomic E-state index is 13.6. The second kappa shape index (κ2) is 13.1. The number of benzene rings is 2. The van der Waals surface area contributed by atoms with E-state index in [0.717, 1.165) is 62.0 Å². The van der Waals surface area contributed by atoms with Crippen LogP contribution in [0.4, 0.5) is 5.82 Å². The maximum Gasteiger partial charge on any atom is 0.243 e. The molecule has 3 aromatic rings. The highest BCUT2D eigenvalue weighted by molar-refractivity contribution is 7.89. The highest BCUT2D eigenvalue weighted by atomic mass is 32.2. The minimum Gasteiger partial charge on any atom is -0.356 e. The molecule has 0 atom stereocenters. The average molecular weight is 522 g/mol. The standard InChI is InChI=1S/C29H39N5O2S/c1-3-5-17-33(18-6-4-2)29-27-23-26(14-15-28(27)30-24-31-29)37(35,36)34-21-19-32(20-22-34)16-10-13-25-11-8-7-9-12-25/h7-15,23-24H,3-6,16-22H2,1-2H3. The second-order valence-electron chi connectivity index (χ2n) is 9.59. The summed E-state index contributed by atoms with van der Waals surface area (Å²) in [5.41, 5.74) is 1.95. The first-order valence-corrected chi connectivity index (χ1v) is 14.9. The summed E-state index contributed by atoms with van der Waals surface area (Å²) < 4.78 is 28.8. The average Bonchev–Trinajstić information content (AvgIpc) is 2.93. The van der Waals surface area contributed by atoms with Crippen molar-refractivity contribution in [3.05, 3.63) is 66.5 Å². The Morgan fingerprint density at radius 2 is 1.62 bits per heavy atom. The molecule has 1 fully saturated rings. The van der Waals surface area contributed by atoms with E-state index in [4.69, 9.17) is 0 Å². The fraction of sp³-hybridized carbons (Fsp3) is 0.448. The van der Waals surface area contributed by atoms with E-state index in [9.17, 15) is 8.42 Å². The van der Waals surface area contributed by atoms with Gasteiger partial charge < -0.3 is 4.90 Å². The molecule has 4 rings (SSSR count). The van der Waals surface area contributed by atoms with Crippen LogP contribution in [0.15, 0.2) is 65.8 Å². The molecule has 198 valence electrons. The van der Waals surface area contributed by atoms with Crippen LogP contribution in [0.2, 0.25) is 0 Å². The monoisotopic (exact) mass is 521 g/mol. The molecule has 0 saturated carbocycles. The predicted molar refractivity (Wildman–Crippen MR) is 152 cm³/mol. The fourth-order valence-corrected chi connectivity index (χ4v) is 6.11. The number of sulfonamides is 1. The highest BCUT2D eigenvalue weighted by Crippen LogP contribution is 2.28. The second-order valence-corrected chi connectivity index (χ2v) is 11.5. The molecule has 7 nitrogen and oxygen atoms in total. The first kappa shape index (κ1) is 27.2. The van der Waals surface area contributed by atoms with E-state index in [0.29, 0.717) is 31.1 Å². The Labute approximate surface area is 221 Å². The molecule has 1 aliphatic rings. The summed E-state index contributed by atoms with van der Waals surface area (Å²) in [5.74, 6) is 0.832. The van der Waals surface area contributed by atoms with E-state index in [1.807, 2.05) is 24.3 Å². The van der Waals surface area contributed by atoms with Crippen LogP contribution in [-0.2, 0) is 10.0 Å². The van der Waals surface area contributed by atoms with E-state index in [1.165, 1.54) is 5.56 Å². The molecule has 0 spiro atoms. The van der Waals surface area contributed by atoms with Gasteiger partial charge in [-0.15, -0.1) is 0 Å². The minimum atomic E-state index is -3.60. The molecule has 2 aromatic carbocycles. The van der Waals surface area contributed by atoms with Crippen molar-refractivity contribution >= 4 is 32.8 Å². The third-order valence-corrected chi connectivity index (χ3v) is 8.79. The molecule has 37 heavy (non-hydrogen) atoms. The van der Waals surface area contributed by atoms with E-state index in [1.54, 1.807) is 22.8 Å². The van der Waals surface area contributed by atoms with E-state index in [2.05, 4.69) is 57.9 Å². The number of anilines is 1. The summed E-state index contributed by atoms with van der Waals surface area (Å²) >= 11 is 0. The molecule has 2 heterocycles. The molecule has 1 saturated heterocycles. The van der Waals surface area contributed by atoms with Crippen molar-refractivity contribution in [3.63, 3.8) is 0 Å². The van der Waals surface area contributed by atoms with Crippen molar-refractivity contribution in [2.75, 3.05) is 50.7 Å². The van der Waals surface area contributed by atoms with Crippen LogP contribution in [0, 0.1) is 0 Å². The van der Waals surface area contributed by atoms with E-state index >= 15 is 0 Å². The van der Waals surface area contributed by atoms with Gasteiger partial charge in [0.15, 0.2) is 0 Å². The summed E-state index contributed by atoms with van der Waals surface area (Å²) in [6.07, 6.45) is 10.2. The van der Waals surface area contributed by atoms with E-state index < -0.39 is 10.0 Å². The van der Waals surface area contributed by atoms with Crippen LogP contribution in [0.25, 0.3) is 17.0 Å². The van der Waals surface area contributed by atoms with Crippen LogP contribution in [0.1, 0.15) is 45.1 Å². The van der Waals surface area contributed by atoms with Crippen molar-refractivity contribution in [1.29, 1.82) is 0 Å². The van der Waals surface area contributed by atoms with Crippen molar-refractivity contribution in [3.8, 4) is 0 Å². The van der Waals surface area contributed by atoms with Gasteiger partial charge in [-0.05, 0) is 36.6 Å². The number of nitrogens with zero attached hydrogens (tertiary/aromatic N) is 5. The van der Waals surface area contributed by atoms with Gasteiger partial charge in [-0.25, -0.2) is 18.4 Å². The van der Waals surface area contributed by atoms with Gasteiger partial charge in [-0.2, -0.15) is 4.31 Å². The van der Waals surface area contributed by atoms with Gasteiger partial charge in [0.05, 0.1) is 10.4 Å². The lowest BCUT2D eigenvalue weighted by Gasteiger charge is -2.33. The van der Waals surface area contributed by atoms with E-state index in [-0.39, 0.29) is 0 Å². The Morgan fingerprint density at radius 3 is 2.30 bits per heavy atom. The number of fused-ring (bicyclic) bond motifs is 1. The SMILES string of the molecule is CCCCN(CCCC)c1ncnc2ccc(S(=O)(=O)N3CCN(CC=Cc4ccccc4)CC3)cc12. The topological polar surface area (TPSA) is 69.6 Å². The normalized spacial score (nSPS) is 15.5. The number of aromatic nitrogens is 2. The van der Waals surface area contributed by atoms with Crippen molar-refractivity contribution in [1.82, 2.24) is 19.2 Å². The summed E-state index contributed by atoms with van der Waals surface area (Å²) in [6.45, 7) is 9.36. The lowest BCUT2D eigenvalue weighted by atomic mass is 10.2. The Bertz CT molecular complexity index is 1260. The van der Waals surface area contributed by atoms with Gasteiger partial charge >= 0.3 is 0 Å². The van der Waals surface area contributed by atoms with Crippen molar-refractivity contribution in [2.24, 2.45) is 0 Å². The third-order valence-electron chi connectivity index (χ3n) is 6.89. The van der Waals surface area contributed by atoms with Crippen LogP contribution in [0.5, 0.6) is 0 Å². The number of piperazine rings is 1. The van der Waals surface area contributed by atoms with Gasteiger partial charge in [0, 0.05) is 51.2 Å². The Balaban J connectivity index is 1.48. The number of hydrogen-bond acceptors (Lipinski definition) is 6. The lowest BCUT2D eigenvalue weighted by molar-refractivity contribution is 0.204. The Morgan fingerprint density at radius 1 is 0.919 bits per heavy atom. The summed E-state index contributed by atoms with van der Waals surface area (Å²) in [5, 5.41) is 0.806. The largest absolute Gasteiger partial charge is 0.356 e. The first-order valence-electron chi connectivity index (χ1n) is 13.5. The van der Waals surface area contributed by atoms with Crippen LogP contribution in [-0.4, -0.2) is 73.4 Å². The molecule has 0 unspecified atom stereocenters. The third kappa shape index (κ3) is 6.94. The molecule has 1 aromatic heterocycles. The zero-order valence-electron chi connectivity index (χ0n) is 22.1. The molecule has 0 bridgehead atoms. The predicted octanol–water partition coefficient (Wildman–Crippen LogP) is 5.06. The summed E-state index contributed by atoms with van der Waals surface area (Å²) in [7, 11) is -3.60. The van der Waals surface area contributed by atoms with Gasteiger partial charge in [0.1, 0.15) is 12.1 Å². The lowest BCUT2D eigenvalue weighted by Crippen LogP contribution is -2.48. The molecule has 8 heteroatoms. The van der Waals surface area contributed by atoms with Crippen LogP contribution in [0.3, 0.4) is 0 Å². The Hall–Kier alpha value is -2.81. The van der Waals surface area contributed by atoms with Crippen LogP contribution < -0.4 is 4.90 Å². The molecule has 0 aliphatic carbocycles. The van der Waals surface area contributed by atoms with Crippen LogP contribution >= 0.6 is 0 Å². The summed E-state index contributed by atoms with van der Waals surface area (Å²) in [6, 6.07) is 15.5. The molecule has 0 amide bonds. The number of rotatable bonds is 12. The molecule has 1 aliphatic heterocycles. The minimum absolute atomic E-state index is 0.319.